The van der Waals surface area contributed by atoms with Crippen molar-refractivity contribution in [2.24, 2.45) is 0 Å². The molecule has 0 spiro atoms. The first-order valence-corrected chi connectivity index (χ1v) is 5.84. The Morgan fingerprint density at radius 1 is 1.53 bits per heavy atom. The van der Waals surface area contributed by atoms with Gasteiger partial charge in [-0.3, -0.25) is 9.59 Å². The van der Waals surface area contributed by atoms with Crippen molar-refractivity contribution in [1.82, 2.24) is 5.32 Å². The highest BCUT2D eigenvalue weighted by Gasteiger charge is 2.13. The van der Waals surface area contributed by atoms with Gasteiger partial charge in [-0.15, -0.1) is 0 Å². The first-order valence-electron chi connectivity index (χ1n) is 5.84. The van der Waals surface area contributed by atoms with E-state index < -0.39 is 5.97 Å². The van der Waals surface area contributed by atoms with Crippen LogP contribution < -0.4 is 10.1 Å². The Kier molecular flexibility index (Phi) is 5.66. The maximum atomic E-state index is 10.5. The first kappa shape index (κ1) is 14.8. The van der Waals surface area contributed by atoms with Gasteiger partial charge >= 0.3 is 5.97 Å². The number of phenols is 1. The van der Waals surface area contributed by atoms with E-state index in [4.69, 9.17) is 9.84 Å². The fraction of sp³-hybridized carbons (Fsp3) is 0.385. The molecular weight excluding hydrogens is 250 g/mol. The van der Waals surface area contributed by atoms with Crippen molar-refractivity contribution in [1.29, 1.82) is 0 Å². The third-order valence-corrected chi connectivity index (χ3v) is 2.77. The highest BCUT2D eigenvalue weighted by molar-refractivity contribution is 5.66. The molecule has 0 heterocycles. The van der Waals surface area contributed by atoms with Gasteiger partial charge < -0.3 is 20.3 Å². The second kappa shape index (κ2) is 7.25. The molecule has 1 unspecified atom stereocenters. The molecule has 0 saturated carbocycles. The van der Waals surface area contributed by atoms with Crippen LogP contribution in [-0.2, 0) is 16.0 Å². The summed E-state index contributed by atoms with van der Waals surface area (Å²) < 4.78 is 4.97. The average molecular weight is 267 g/mol. The lowest BCUT2D eigenvalue weighted by atomic mass is 10.0. The Labute approximate surface area is 111 Å². The largest absolute Gasteiger partial charge is 0.508 e. The van der Waals surface area contributed by atoms with Crippen LogP contribution in [0.1, 0.15) is 18.4 Å². The lowest BCUT2D eigenvalue weighted by molar-refractivity contribution is -0.137. The molecule has 1 aromatic rings. The third kappa shape index (κ3) is 4.87. The van der Waals surface area contributed by atoms with Crippen LogP contribution >= 0.6 is 0 Å². The van der Waals surface area contributed by atoms with Crippen molar-refractivity contribution in [2.45, 2.75) is 25.3 Å². The summed E-state index contributed by atoms with van der Waals surface area (Å²) in [5, 5.41) is 21.0. The number of rotatable bonds is 8. The summed E-state index contributed by atoms with van der Waals surface area (Å²) in [4.78, 5) is 21.0. The van der Waals surface area contributed by atoms with E-state index in [1.54, 1.807) is 12.1 Å². The van der Waals surface area contributed by atoms with E-state index in [1.807, 2.05) is 0 Å². The minimum absolute atomic E-state index is 0.0393. The Morgan fingerprint density at radius 2 is 2.26 bits per heavy atom. The molecule has 1 amide bonds. The van der Waals surface area contributed by atoms with Crippen molar-refractivity contribution in [3.63, 3.8) is 0 Å². The van der Waals surface area contributed by atoms with Crippen molar-refractivity contribution in [3.05, 3.63) is 23.8 Å². The second-order valence-electron chi connectivity index (χ2n) is 4.11. The fourth-order valence-corrected chi connectivity index (χ4v) is 1.75. The molecule has 6 heteroatoms. The van der Waals surface area contributed by atoms with Crippen molar-refractivity contribution >= 4 is 12.4 Å². The van der Waals surface area contributed by atoms with Gasteiger partial charge in [0, 0.05) is 18.5 Å². The number of benzene rings is 1. The van der Waals surface area contributed by atoms with E-state index in [0.29, 0.717) is 30.6 Å². The number of carboxylic acid groups (broad SMARTS) is 1. The standard InChI is InChI=1S/C13H17NO5/c1-19-11-4-2-9(12(16)7-11)6-10(14-8-15)3-5-13(17)18/h2,4,7-8,10,16H,3,5-6H2,1H3,(H,14,15)(H,17,18). The van der Waals surface area contributed by atoms with Gasteiger partial charge in [0.2, 0.25) is 6.41 Å². The number of phenolic OH excluding ortho intramolecular Hbond substituents is 1. The molecule has 19 heavy (non-hydrogen) atoms. The van der Waals surface area contributed by atoms with E-state index in [1.165, 1.54) is 13.2 Å². The molecule has 0 aliphatic heterocycles. The van der Waals surface area contributed by atoms with Crippen molar-refractivity contribution in [3.8, 4) is 11.5 Å². The molecule has 1 aromatic carbocycles. The molecule has 0 aromatic heterocycles. The molecule has 0 aliphatic rings. The van der Waals surface area contributed by atoms with Gasteiger partial charge in [0.25, 0.3) is 0 Å². The fourth-order valence-electron chi connectivity index (χ4n) is 1.75. The van der Waals surface area contributed by atoms with Gasteiger partial charge in [-0.1, -0.05) is 6.07 Å². The molecule has 0 aliphatic carbocycles. The normalized spacial score (nSPS) is 11.6. The number of methoxy groups -OCH3 is 1. The SMILES string of the molecule is COc1ccc(CC(CCC(=O)O)NC=O)c(O)c1. The highest BCUT2D eigenvalue weighted by Crippen LogP contribution is 2.25. The Bertz CT molecular complexity index is 447. The Hall–Kier alpha value is -2.24. The first-order chi connectivity index (χ1) is 9.06. The van der Waals surface area contributed by atoms with Gasteiger partial charge in [-0.25, -0.2) is 0 Å². The van der Waals surface area contributed by atoms with E-state index in [9.17, 15) is 14.7 Å². The molecule has 0 saturated heterocycles. The molecule has 1 rings (SSSR count). The van der Waals surface area contributed by atoms with Crippen LogP contribution in [0, 0.1) is 0 Å². The van der Waals surface area contributed by atoms with Gasteiger partial charge in [0.1, 0.15) is 11.5 Å². The lowest BCUT2D eigenvalue weighted by Crippen LogP contribution is -2.30. The summed E-state index contributed by atoms with van der Waals surface area (Å²) in [7, 11) is 1.50. The monoisotopic (exact) mass is 267 g/mol. The van der Waals surface area contributed by atoms with E-state index >= 15 is 0 Å². The number of aliphatic carboxylic acids is 1. The van der Waals surface area contributed by atoms with Crippen LogP contribution in [0.3, 0.4) is 0 Å². The number of amides is 1. The summed E-state index contributed by atoms with van der Waals surface area (Å²) in [6.45, 7) is 0. The maximum absolute atomic E-state index is 10.5. The van der Waals surface area contributed by atoms with Crippen LogP contribution in [0.2, 0.25) is 0 Å². The van der Waals surface area contributed by atoms with Crippen LogP contribution in [0.25, 0.3) is 0 Å². The van der Waals surface area contributed by atoms with Crippen LogP contribution in [0.4, 0.5) is 0 Å². The zero-order valence-electron chi connectivity index (χ0n) is 10.6. The zero-order valence-corrected chi connectivity index (χ0v) is 10.6. The molecule has 104 valence electrons. The number of carbonyl (C=O) groups is 2. The van der Waals surface area contributed by atoms with Crippen molar-refractivity contribution in [2.75, 3.05) is 7.11 Å². The quantitative estimate of drug-likeness (QED) is 0.609. The minimum atomic E-state index is -0.920. The van der Waals surface area contributed by atoms with Gasteiger partial charge in [0.15, 0.2) is 0 Å². The predicted molar refractivity (Wildman–Crippen MR) is 68.2 cm³/mol. The van der Waals surface area contributed by atoms with E-state index in [0.717, 1.165) is 0 Å². The number of nitrogens with one attached hydrogen (secondary N) is 1. The van der Waals surface area contributed by atoms with E-state index in [2.05, 4.69) is 5.32 Å². The van der Waals surface area contributed by atoms with Crippen molar-refractivity contribution < 1.29 is 24.5 Å². The van der Waals surface area contributed by atoms with Crippen LogP contribution in [0.5, 0.6) is 11.5 Å². The summed E-state index contributed by atoms with van der Waals surface area (Å²) in [6.07, 6.45) is 1.16. The second-order valence-corrected chi connectivity index (χ2v) is 4.11. The number of ether oxygens (including phenoxy) is 1. The van der Waals surface area contributed by atoms with Gasteiger partial charge in [0.05, 0.1) is 7.11 Å². The Balaban J connectivity index is 2.72. The molecule has 0 bridgehead atoms. The highest BCUT2D eigenvalue weighted by atomic mass is 16.5. The van der Waals surface area contributed by atoms with Gasteiger partial charge in [-0.2, -0.15) is 0 Å². The summed E-state index contributed by atoms with van der Waals surface area (Å²) in [5.74, 6) is -0.323. The zero-order chi connectivity index (χ0) is 14.3. The Morgan fingerprint density at radius 3 is 2.79 bits per heavy atom. The lowest BCUT2D eigenvalue weighted by Gasteiger charge is -2.16. The molecular formula is C13H17NO5. The predicted octanol–water partition coefficient (Wildman–Crippen LogP) is 0.923. The number of hydrogen-bond acceptors (Lipinski definition) is 4. The summed E-state index contributed by atoms with van der Waals surface area (Å²) >= 11 is 0. The smallest absolute Gasteiger partial charge is 0.303 e. The summed E-state index contributed by atoms with van der Waals surface area (Å²) in [5.41, 5.74) is 0.630. The molecule has 0 radical (unpaired) electrons. The number of hydrogen-bond donors (Lipinski definition) is 3. The molecule has 0 fully saturated rings. The molecule has 6 nitrogen and oxygen atoms in total. The average Bonchev–Trinajstić information content (AvgIpc) is 2.38. The topological polar surface area (TPSA) is 95.9 Å². The summed E-state index contributed by atoms with van der Waals surface area (Å²) in [6, 6.07) is 4.54. The maximum Gasteiger partial charge on any atom is 0.303 e. The number of aromatic hydroxyl groups is 1. The third-order valence-electron chi connectivity index (χ3n) is 2.77. The minimum Gasteiger partial charge on any atom is -0.508 e. The van der Waals surface area contributed by atoms with Crippen LogP contribution in [-0.4, -0.2) is 35.7 Å². The van der Waals surface area contributed by atoms with Gasteiger partial charge in [-0.05, 0) is 24.5 Å². The van der Waals surface area contributed by atoms with E-state index in [-0.39, 0.29) is 18.2 Å². The number of carboxylic acids is 1. The van der Waals surface area contributed by atoms with Crippen LogP contribution in [0.15, 0.2) is 18.2 Å². The number of carbonyl (C=O) groups excluding carboxylic acids is 1. The molecule has 3 N–H and O–H groups in total. The molecule has 1 atom stereocenters.